The van der Waals surface area contributed by atoms with Gasteiger partial charge in [0.1, 0.15) is 18.0 Å². The summed E-state index contributed by atoms with van der Waals surface area (Å²) in [5.41, 5.74) is 0. The Morgan fingerprint density at radius 3 is 3.05 bits per heavy atom. The van der Waals surface area contributed by atoms with Crippen molar-refractivity contribution in [1.29, 1.82) is 5.26 Å². The lowest BCUT2D eigenvalue weighted by molar-refractivity contribution is 0.461. The highest BCUT2D eigenvalue weighted by atomic mass is 15.2. The van der Waals surface area contributed by atoms with Crippen LogP contribution in [0.5, 0.6) is 0 Å². The van der Waals surface area contributed by atoms with E-state index in [0.29, 0.717) is 18.5 Å². The number of anilines is 2. The summed E-state index contributed by atoms with van der Waals surface area (Å²) in [6, 6.07) is 4.90. The molecule has 19 heavy (non-hydrogen) atoms. The third-order valence-corrected chi connectivity index (χ3v) is 3.34. The molecule has 0 bridgehead atoms. The van der Waals surface area contributed by atoms with Crippen molar-refractivity contribution in [3.05, 3.63) is 12.4 Å². The summed E-state index contributed by atoms with van der Waals surface area (Å²) >= 11 is 0. The van der Waals surface area contributed by atoms with Crippen LogP contribution in [0, 0.1) is 11.3 Å². The van der Waals surface area contributed by atoms with Crippen molar-refractivity contribution >= 4 is 11.6 Å². The fraction of sp³-hybridized carbons (Fsp3) is 0.643. The molecule has 5 heteroatoms. The summed E-state index contributed by atoms with van der Waals surface area (Å²) in [4.78, 5) is 10.8. The number of nitrogens with one attached hydrogen (secondary N) is 1. The van der Waals surface area contributed by atoms with Crippen molar-refractivity contribution in [2.24, 2.45) is 0 Å². The summed E-state index contributed by atoms with van der Waals surface area (Å²) in [7, 11) is 0. The van der Waals surface area contributed by atoms with Crippen LogP contribution in [0.25, 0.3) is 0 Å². The highest BCUT2D eigenvalue weighted by molar-refractivity contribution is 5.49. The van der Waals surface area contributed by atoms with Gasteiger partial charge in [-0.05, 0) is 33.1 Å². The molecule has 1 unspecified atom stereocenters. The SMILES string of the molecule is CC(C)Nc1cc(N2CCCCC2CC#N)ncn1. The third kappa shape index (κ3) is 3.57. The molecule has 1 aromatic rings. The van der Waals surface area contributed by atoms with E-state index in [1.54, 1.807) is 6.33 Å². The summed E-state index contributed by atoms with van der Waals surface area (Å²) in [6.07, 6.45) is 5.60. The first kappa shape index (κ1) is 13.6. The van der Waals surface area contributed by atoms with E-state index >= 15 is 0 Å². The minimum atomic E-state index is 0.292. The van der Waals surface area contributed by atoms with Crippen LogP contribution in [-0.4, -0.2) is 28.6 Å². The lowest BCUT2D eigenvalue weighted by Crippen LogP contribution is -2.40. The minimum Gasteiger partial charge on any atom is -0.368 e. The molecule has 2 heterocycles. The predicted octanol–water partition coefficient (Wildman–Crippen LogP) is 2.57. The van der Waals surface area contributed by atoms with Gasteiger partial charge in [-0.15, -0.1) is 0 Å². The van der Waals surface area contributed by atoms with Crippen LogP contribution in [0.4, 0.5) is 11.6 Å². The topological polar surface area (TPSA) is 64.8 Å². The monoisotopic (exact) mass is 259 g/mol. The zero-order chi connectivity index (χ0) is 13.7. The second-order valence-electron chi connectivity index (χ2n) is 5.27. The number of nitrogens with zero attached hydrogens (tertiary/aromatic N) is 4. The smallest absolute Gasteiger partial charge is 0.134 e. The first-order valence-electron chi connectivity index (χ1n) is 6.93. The Labute approximate surface area is 114 Å². The van der Waals surface area contributed by atoms with E-state index in [9.17, 15) is 0 Å². The number of hydrogen-bond donors (Lipinski definition) is 1. The maximum atomic E-state index is 8.93. The fourth-order valence-corrected chi connectivity index (χ4v) is 2.50. The second-order valence-corrected chi connectivity index (χ2v) is 5.27. The molecular weight excluding hydrogens is 238 g/mol. The highest BCUT2D eigenvalue weighted by Gasteiger charge is 2.23. The molecule has 102 valence electrons. The molecule has 1 N–H and O–H groups in total. The maximum absolute atomic E-state index is 8.93. The van der Waals surface area contributed by atoms with Gasteiger partial charge in [0.25, 0.3) is 0 Å². The Morgan fingerprint density at radius 2 is 2.32 bits per heavy atom. The van der Waals surface area contributed by atoms with Crippen LogP contribution < -0.4 is 10.2 Å². The third-order valence-electron chi connectivity index (χ3n) is 3.34. The Hall–Kier alpha value is -1.83. The quantitative estimate of drug-likeness (QED) is 0.900. The van der Waals surface area contributed by atoms with Crippen molar-refractivity contribution in [2.75, 3.05) is 16.8 Å². The highest BCUT2D eigenvalue weighted by Crippen LogP contribution is 2.25. The summed E-state index contributed by atoms with van der Waals surface area (Å²) in [5.74, 6) is 1.78. The van der Waals surface area contributed by atoms with Gasteiger partial charge in [0.15, 0.2) is 0 Å². The predicted molar refractivity (Wildman–Crippen MR) is 76.0 cm³/mol. The average molecular weight is 259 g/mol. The molecule has 0 aliphatic carbocycles. The van der Waals surface area contributed by atoms with Gasteiger partial charge in [-0.25, -0.2) is 9.97 Å². The van der Waals surface area contributed by atoms with Crippen LogP contribution in [0.15, 0.2) is 12.4 Å². The van der Waals surface area contributed by atoms with Crippen molar-refractivity contribution < 1.29 is 0 Å². The van der Waals surface area contributed by atoms with Crippen LogP contribution in [-0.2, 0) is 0 Å². The van der Waals surface area contributed by atoms with E-state index in [0.717, 1.165) is 24.6 Å². The lowest BCUT2D eigenvalue weighted by Gasteiger charge is -2.35. The molecule has 1 atom stereocenters. The van der Waals surface area contributed by atoms with E-state index in [-0.39, 0.29) is 0 Å². The molecule has 0 spiro atoms. The molecule has 0 aromatic carbocycles. The summed E-state index contributed by atoms with van der Waals surface area (Å²) in [6.45, 7) is 5.15. The van der Waals surface area contributed by atoms with Gasteiger partial charge in [0, 0.05) is 24.7 Å². The number of hydrogen-bond acceptors (Lipinski definition) is 5. The van der Waals surface area contributed by atoms with E-state index < -0.39 is 0 Å². The summed E-state index contributed by atoms with van der Waals surface area (Å²) < 4.78 is 0. The van der Waals surface area contributed by atoms with Crippen LogP contribution in [0.1, 0.15) is 39.5 Å². The number of rotatable bonds is 4. The van der Waals surface area contributed by atoms with Crippen LogP contribution >= 0.6 is 0 Å². The lowest BCUT2D eigenvalue weighted by atomic mass is 10.00. The normalized spacial score (nSPS) is 19.3. The molecule has 0 saturated carbocycles. The molecule has 1 aliphatic rings. The first-order chi connectivity index (χ1) is 9.20. The van der Waals surface area contributed by atoms with Gasteiger partial charge in [-0.1, -0.05) is 0 Å². The van der Waals surface area contributed by atoms with E-state index in [2.05, 4.69) is 40.1 Å². The zero-order valence-electron chi connectivity index (χ0n) is 11.6. The largest absolute Gasteiger partial charge is 0.368 e. The van der Waals surface area contributed by atoms with E-state index in [1.165, 1.54) is 12.8 Å². The van der Waals surface area contributed by atoms with Crippen LogP contribution in [0.3, 0.4) is 0 Å². The van der Waals surface area contributed by atoms with Gasteiger partial charge in [0.2, 0.25) is 0 Å². The van der Waals surface area contributed by atoms with Crippen molar-refractivity contribution in [1.82, 2.24) is 9.97 Å². The minimum absolute atomic E-state index is 0.292. The molecule has 0 amide bonds. The van der Waals surface area contributed by atoms with Gasteiger partial charge in [0.05, 0.1) is 12.5 Å². The van der Waals surface area contributed by atoms with Gasteiger partial charge >= 0.3 is 0 Å². The van der Waals surface area contributed by atoms with E-state index in [1.807, 2.05) is 6.07 Å². The van der Waals surface area contributed by atoms with Gasteiger partial charge in [-0.3, -0.25) is 0 Å². The summed E-state index contributed by atoms with van der Waals surface area (Å²) in [5, 5.41) is 12.2. The second kappa shape index (κ2) is 6.37. The Bertz CT molecular complexity index is 451. The zero-order valence-corrected chi connectivity index (χ0v) is 11.6. The molecule has 0 radical (unpaired) electrons. The molecule has 2 rings (SSSR count). The van der Waals surface area contributed by atoms with E-state index in [4.69, 9.17) is 5.26 Å². The molecule has 1 fully saturated rings. The maximum Gasteiger partial charge on any atom is 0.134 e. The Morgan fingerprint density at radius 1 is 1.47 bits per heavy atom. The van der Waals surface area contributed by atoms with Crippen molar-refractivity contribution in [3.8, 4) is 6.07 Å². The molecule has 1 aromatic heterocycles. The Balaban J connectivity index is 2.16. The number of nitriles is 1. The molecule has 5 nitrogen and oxygen atoms in total. The standard InChI is InChI=1S/C14H21N5/c1-11(2)18-13-9-14(17-10-16-13)19-8-4-3-5-12(19)6-7-15/h9-12H,3-6,8H2,1-2H3,(H,16,17,18). The first-order valence-corrected chi connectivity index (χ1v) is 6.93. The van der Waals surface area contributed by atoms with Crippen molar-refractivity contribution in [2.45, 2.75) is 51.6 Å². The number of aromatic nitrogens is 2. The van der Waals surface area contributed by atoms with Crippen LogP contribution in [0.2, 0.25) is 0 Å². The Kier molecular flexibility index (Phi) is 4.56. The average Bonchev–Trinajstić information content (AvgIpc) is 2.39. The van der Waals surface area contributed by atoms with Crippen molar-refractivity contribution in [3.63, 3.8) is 0 Å². The molecular formula is C14H21N5. The fourth-order valence-electron chi connectivity index (χ4n) is 2.50. The van der Waals surface area contributed by atoms with Gasteiger partial charge < -0.3 is 10.2 Å². The molecule has 1 aliphatic heterocycles. The molecule has 1 saturated heterocycles. The number of piperidine rings is 1. The van der Waals surface area contributed by atoms with Gasteiger partial charge in [-0.2, -0.15) is 5.26 Å².